The lowest BCUT2D eigenvalue weighted by molar-refractivity contribution is -0.319. The number of carbonyl (C=O) groups excluding carboxylic acids is 4. The van der Waals surface area contributed by atoms with Gasteiger partial charge in [-0.15, -0.1) is 0 Å². The zero-order valence-electron chi connectivity index (χ0n) is 67.8. The highest BCUT2D eigenvalue weighted by Crippen LogP contribution is 2.45. The summed E-state index contributed by atoms with van der Waals surface area (Å²) in [6.45, 7) is 34.1. The second-order valence-electron chi connectivity index (χ2n) is 33.3. The fraction of sp³-hybridized carbons (Fsp3) is 0.947. The first-order valence-electron chi connectivity index (χ1n) is 37.8. The Labute approximate surface area is 619 Å². The van der Waals surface area contributed by atoms with Crippen LogP contribution in [0.3, 0.4) is 0 Å². The number of carbonyl (C=O) groups is 4. The summed E-state index contributed by atoms with van der Waals surface area (Å²) in [4.78, 5) is 60.1. The molecule has 6 heterocycles. The third kappa shape index (κ3) is 20.4. The summed E-state index contributed by atoms with van der Waals surface area (Å²) < 4.78 is 87.7. The molecule has 0 aromatic heterocycles. The van der Waals surface area contributed by atoms with Crippen molar-refractivity contribution < 1.29 is 126 Å². The van der Waals surface area contributed by atoms with E-state index in [1.807, 2.05) is 65.7 Å². The maximum absolute atomic E-state index is 14.2. The van der Waals surface area contributed by atoms with Crippen LogP contribution in [0.2, 0.25) is 0 Å². The third-order valence-electron chi connectivity index (χ3n) is 24.5. The van der Waals surface area contributed by atoms with E-state index in [9.17, 15) is 60.0 Å². The number of ether oxygens (including phenoxy) is 14. The highest BCUT2D eigenvalue weighted by Gasteiger charge is 2.58. The second-order valence-corrected chi connectivity index (χ2v) is 33.3. The highest BCUT2D eigenvalue weighted by atomic mass is 16.7. The number of Topliss-reactive ketones (excluding diaryl/α,β-unsaturated/α-hetero) is 2. The van der Waals surface area contributed by atoms with Crippen LogP contribution in [0.25, 0.3) is 0 Å². The van der Waals surface area contributed by atoms with E-state index in [-0.39, 0.29) is 74.4 Å². The van der Waals surface area contributed by atoms with Gasteiger partial charge in [0.1, 0.15) is 59.4 Å². The van der Waals surface area contributed by atoms with E-state index >= 15 is 0 Å². The van der Waals surface area contributed by atoms with Crippen LogP contribution in [-0.4, -0.2) is 299 Å². The van der Waals surface area contributed by atoms with Crippen LogP contribution in [0.15, 0.2) is 0 Å². The van der Waals surface area contributed by atoms with Crippen molar-refractivity contribution in [3.05, 3.63) is 0 Å². The molecule has 0 radical (unpaired) electrons. The Morgan fingerprint density at radius 2 is 0.721 bits per heavy atom. The SMILES string of the molecule is CC[C@H]1OC(=O)[C@H](C)[C@@H](O[C@H]2C[C@@](C)(OC)[C@@H](O)[C@H](C)O2)C(C)[C@@H](O[C@@H]2O[C@H](C)C[C@H](N(C)C)[C@H]2O)[C@](C)(OC)C[C@@H](C)C(=O)[C@H](C)[C@@H](O)[C@]1(C)O.CC[C@H]1OC(=O)[C@H](C)[C@@H](O[C@H]2C[C@@](C)(OC)[C@@H](O)[C@H](C)O2)C(C)[C@@H](O[C@@H]2O[C@H](C)C[C@H](N(C)C)[C@H]2O)[C@](C)(OC)C[C@@H](C)C(=O)[C@H](C)[C@@H](O)[C@]1(C)O. The van der Waals surface area contributed by atoms with E-state index in [1.165, 1.54) is 42.3 Å². The Kier molecular flexibility index (Phi) is 32.9. The van der Waals surface area contributed by atoms with Crippen molar-refractivity contribution in [3.63, 3.8) is 0 Å². The molecule has 104 heavy (non-hydrogen) atoms. The van der Waals surface area contributed by atoms with Crippen LogP contribution in [0.1, 0.15) is 190 Å². The monoisotopic (exact) mass is 1490 g/mol. The molecule has 0 aromatic carbocycles. The van der Waals surface area contributed by atoms with Crippen molar-refractivity contribution in [2.75, 3.05) is 56.6 Å². The number of aliphatic hydroxyl groups is 8. The van der Waals surface area contributed by atoms with Gasteiger partial charge < -0.3 is 117 Å². The Balaban J connectivity index is 0.000000374. The van der Waals surface area contributed by atoms with Crippen molar-refractivity contribution in [2.45, 2.75) is 358 Å². The number of cyclic esters (lactones) is 2. The van der Waals surface area contributed by atoms with Gasteiger partial charge in [-0.25, -0.2) is 0 Å². The van der Waals surface area contributed by atoms with Crippen molar-refractivity contribution >= 4 is 23.5 Å². The molecule has 2 unspecified atom stereocenters. The maximum Gasteiger partial charge on any atom is 0.311 e. The van der Waals surface area contributed by atoms with Gasteiger partial charge in [-0.3, -0.25) is 19.2 Å². The van der Waals surface area contributed by atoms with Gasteiger partial charge in [0.05, 0.1) is 95.3 Å². The standard InChI is InChI=1S/2C38H69NO13/c2*1-15-26-38(10,45)31(42)21(4)28(40)19(2)17-37(9,47-14)33(52-35-29(41)25(39(11)12)16-20(3)48-35)22(5)30(23(6)34(44)50-26)51-27-18-36(8,46-13)32(43)24(7)49-27/h2*19-27,29-33,35,41-43,45H,15-18H2,1-14H3/t2*19-,20-,21+,22?,23-,24+,25+,26-,27+,29-,30+,31-,32+,33-,35+,36-,37-,38-/m11/s1. The molecule has 36 atom stereocenters. The van der Waals surface area contributed by atoms with E-state index in [2.05, 4.69) is 0 Å². The smallest absolute Gasteiger partial charge is 0.311 e. The number of ketones is 2. The zero-order chi connectivity index (χ0) is 79.3. The van der Waals surface area contributed by atoms with Gasteiger partial charge in [0, 0.05) is 88.9 Å². The first kappa shape index (κ1) is 92.0. The number of hydrogen-bond acceptors (Lipinski definition) is 28. The minimum absolute atomic E-state index is 0.111. The predicted molar refractivity (Wildman–Crippen MR) is 382 cm³/mol. The largest absolute Gasteiger partial charge is 0.459 e. The van der Waals surface area contributed by atoms with Crippen LogP contribution < -0.4 is 0 Å². The number of likely N-dealkylation sites (N-methyl/N-ethyl adjacent to an activating group) is 2. The molecule has 608 valence electrons. The lowest BCUT2D eigenvalue weighted by Gasteiger charge is -2.50. The van der Waals surface area contributed by atoms with E-state index < -0.39 is 204 Å². The lowest BCUT2D eigenvalue weighted by atomic mass is 9.73. The molecule has 6 aliphatic rings. The molecule has 0 spiro atoms. The fourth-order valence-electron chi connectivity index (χ4n) is 17.2. The molecule has 6 aliphatic heterocycles. The topological polar surface area (TPSA) is 366 Å². The Morgan fingerprint density at radius 1 is 0.423 bits per heavy atom. The summed E-state index contributed by atoms with van der Waals surface area (Å²) in [5.41, 5.74) is -8.49. The van der Waals surface area contributed by atoms with Gasteiger partial charge in [0.25, 0.3) is 0 Å². The molecule has 28 nitrogen and oxygen atoms in total. The first-order valence-corrected chi connectivity index (χ1v) is 37.8. The van der Waals surface area contributed by atoms with Crippen LogP contribution >= 0.6 is 0 Å². The highest BCUT2D eigenvalue weighted by molar-refractivity contribution is 5.84. The van der Waals surface area contributed by atoms with Gasteiger partial charge >= 0.3 is 11.9 Å². The molecule has 0 aliphatic carbocycles. The summed E-state index contributed by atoms with van der Waals surface area (Å²) in [5, 5.41) is 91.1. The van der Waals surface area contributed by atoms with Crippen LogP contribution in [-0.2, 0) is 85.5 Å². The predicted octanol–water partition coefficient (Wildman–Crippen LogP) is 4.88. The average molecular weight is 1500 g/mol. The third-order valence-corrected chi connectivity index (χ3v) is 24.5. The second kappa shape index (κ2) is 37.2. The molecular weight excluding hydrogens is 1360 g/mol. The lowest BCUT2D eigenvalue weighted by Crippen LogP contribution is -2.61. The molecular formula is C76H138N2O26. The summed E-state index contributed by atoms with van der Waals surface area (Å²) in [7, 11) is 13.5. The molecule has 0 aromatic rings. The molecule has 6 saturated heterocycles. The van der Waals surface area contributed by atoms with Gasteiger partial charge in [0.2, 0.25) is 0 Å². The minimum atomic E-state index is -1.96. The van der Waals surface area contributed by atoms with Crippen molar-refractivity contribution in [3.8, 4) is 0 Å². The molecule has 28 heteroatoms. The molecule has 0 amide bonds. The number of nitrogens with zero attached hydrogens (tertiary/aromatic N) is 2. The van der Waals surface area contributed by atoms with Gasteiger partial charge in [-0.05, 0) is 150 Å². The van der Waals surface area contributed by atoms with Crippen LogP contribution in [0.5, 0.6) is 0 Å². The van der Waals surface area contributed by atoms with Crippen molar-refractivity contribution in [2.24, 2.45) is 47.3 Å². The Bertz CT molecular complexity index is 2550. The van der Waals surface area contributed by atoms with E-state index in [4.69, 9.17) is 66.3 Å². The normalized spacial score (nSPS) is 49.0. The summed E-state index contributed by atoms with van der Waals surface area (Å²) in [5.74, 6) is -8.94. The number of esters is 2. The summed E-state index contributed by atoms with van der Waals surface area (Å²) in [6.07, 6.45) is -17.5. The summed E-state index contributed by atoms with van der Waals surface area (Å²) >= 11 is 0. The molecule has 6 rings (SSSR count). The Hall–Kier alpha value is -2.60. The van der Waals surface area contributed by atoms with E-state index in [0.717, 1.165) is 0 Å². The first-order chi connectivity index (χ1) is 48.0. The average Bonchev–Trinajstić information content (AvgIpc) is 0.928. The van der Waals surface area contributed by atoms with Gasteiger partial charge in [-0.1, -0.05) is 55.4 Å². The molecule has 0 bridgehead atoms. The van der Waals surface area contributed by atoms with Crippen LogP contribution in [0, 0.1) is 47.3 Å². The van der Waals surface area contributed by atoms with E-state index in [1.54, 1.807) is 96.9 Å². The Morgan fingerprint density at radius 3 is 0.990 bits per heavy atom. The quantitative estimate of drug-likeness (QED) is 0.0955. The van der Waals surface area contributed by atoms with Crippen molar-refractivity contribution in [1.82, 2.24) is 9.80 Å². The molecule has 8 N–H and O–H groups in total. The molecule has 6 fully saturated rings. The van der Waals surface area contributed by atoms with Crippen LogP contribution in [0.4, 0.5) is 0 Å². The maximum atomic E-state index is 14.2. The number of rotatable bonds is 16. The van der Waals surface area contributed by atoms with E-state index in [0.29, 0.717) is 12.8 Å². The number of hydrogen-bond donors (Lipinski definition) is 8. The number of methoxy groups -OCH3 is 4. The van der Waals surface area contributed by atoms with Gasteiger partial charge in [-0.2, -0.15) is 0 Å². The summed E-state index contributed by atoms with van der Waals surface area (Å²) in [6, 6.07) is -0.566. The molecule has 0 saturated carbocycles. The minimum Gasteiger partial charge on any atom is -0.459 e. The number of aliphatic hydroxyl groups excluding tert-OH is 6. The van der Waals surface area contributed by atoms with Gasteiger partial charge in [0.15, 0.2) is 25.2 Å². The van der Waals surface area contributed by atoms with Crippen molar-refractivity contribution in [1.29, 1.82) is 0 Å². The zero-order valence-corrected chi connectivity index (χ0v) is 67.8. The fourth-order valence-corrected chi connectivity index (χ4v) is 17.2.